The van der Waals surface area contributed by atoms with Crippen LogP contribution in [0.15, 0.2) is 16.9 Å². The van der Waals surface area contributed by atoms with E-state index in [-0.39, 0.29) is 11.5 Å². The second-order valence-corrected chi connectivity index (χ2v) is 5.41. The van der Waals surface area contributed by atoms with Crippen LogP contribution in [0.2, 0.25) is 0 Å². The summed E-state index contributed by atoms with van der Waals surface area (Å²) < 4.78 is 0. The van der Waals surface area contributed by atoms with Gasteiger partial charge in [-0.25, -0.2) is 0 Å². The minimum Gasteiger partial charge on any atom is -0.352 e. The van der Waals surface area contributed by atoms with Gasteiger partial charge in [0.05, 0.1) is 0 Å². The second-order valence-electron chi connectivity index (χ2n) is 5.41. The van der Waals surface area contributed by atoms with Crippen molar-refractivity contribution in [2.24, 2.45) is 11.8 Å². The number of rotatable bonds is 3. The summed E-state index contributed by atoms with van der Waals surface area (Å²) in [4.78, 5) is 25.8. The topological polar surface area (TPSA) is 62.0 Å². The number of nitrogens with one attached hydrogen (secondary N) is 2. The van der Waals surface area contributed by atoms with Crippen LogP contribution in [0.3, 0.4) is 0 Å². The van der Waals surface area contributed by atoms with E-state index in [2.05, 4.69) is 17.2 Å². The van der Waals surface area contributed by atoms with Gasteiger partial charge in [-0.05, 0) is 37.7 Å². The summed E-state index contributed by atoms with van der Waals surface area (Å²) in [6, 6.07) is 3.05. The quantitative estimate of drug-likeness (QED) is 0.857. The highest BCUT2D eigenvalue weighted by molar-refractivity contribution is 5.94. The summed E-state index contributed by atoms with van der Waals surface area (Å²) in [6.45, 7) is 4.74. The van der Waals surface area contributed by atoms with Crippen molar-refractivity contribution < 1.29 is 4.79 Å². The lowest BCUT2D eigenvalue weighted by atomic mass is 10.1. The lowest BCUT2D eigenvalue weighted by Crippen LogP contribution is -2.29. The van der Waals surface area contributed by atoms with Crippen LogP contribution in [0.5, 0.6) is 0 Å². The van der Waals surface area contributed by atoms with E-state index in [9.17, 15) is 9.59 Å². The first-order chi connectivity index (χ1) is 8.54. The van der Waals surface area contributed by atoms with E-state index in [0.717, 1.165) is 12.5 Å². The van der Waals surface area contributed by atoms with Gasteiger partial charge in [-0.2, -0.15) is 0 Å². The smallest absolute Gasteiger partial charge is 0.251 e. The number of hydrogen-bond donors (Lipinski definition) is 2. The summed E-state index contributed by atoms with van der Waals surface area (Å²) in [6.07, 6.45) is 3.63. The Morgan fingerprint density at radius 1 is 1.44 bits per heavy atom. The van der Waals surface area contributed by atoms with E-state index in [1.165, 1.54) is 25.3 Å². The van der Waals surface area contributed by atoms with Crippen molar-refractivity contribution in [1.82, 2.24) is 10.3 Å². The van der Waals surface area contributed by atoms with Crippen LogP contribution in [0, 0.1) is 18.8 Å². The first-order valence-corrected chi connectivity index (χ1v) is 6.54. The summed E-state index contributed by atoms with van der Waals surface area (Å²) in [7, 11) is 0. The fraction of sp³-hybridized carbons (Fsp3) is 0.571. The van der Waals surface area contributed by atoms with E-state index in [1.54, 1.807) is 13.0 Å². The molecule has 4 nitrogen and oxygen atoms in total. The molecule has 2 unspecified atom stereocenters. The number of carbonyl (C=O) groups excluding carboxylic acids is 1. The van der Waals surface area contributed by atoms with Crippen LogP contribution in [-0.4, -0.2) is 17.4 Å². The van der Waals surface area contributed by atoms with Crippen molar-refractivity contribution in [3.05, 3.63) is 33.7 Å². The molecule has 0 radical (unpaired) electrons. The highest BCUT2D eigenvalue weighted by Crippen LogP contribution is 2.29. The third-order valence-corrected chi connectivity index (χ3v) is 3.60. The van der Waals surface area contributed by atoms with Gasteiger partial charge in [-0.15, -0.1) is 0 Å². The molecule has 1 amide bonds. The average Bonchev–Trinajstić information content (AvgIpc) is 2.70. The molecule has 0 bridgehead atoms. The molecule has 0 spiro atoms. The SMILES string of the molecule is Cc1cc(C(=O)NCC2CCC(C)C2)cc(=O)[nH]1. The number of hydrogen-bond acceptors (Lipinski definition) is 2. The molecule has 1 aliphatic carbocycles. The maximum Gasteiger partial charge on any atom is 0.251 e. The van der Waals surface area contributed by atoms with Crippen molar-refractivity contribution in [1.29, 1.82) is 0 Å². The molecule has 18 heavy (non-hydrogen) atoms. The van der Waals surface area contributed by atoms with Gasteiger partial charge >= 0.3 is 0 Å². The second kappa shape index (κ2) is 5.38. The summed E-state index contributed by atoms with van der Waals surface area (Å²) in [5.74, 6) is 1.21. The highest BCUT2D eigenvalue weighted by Gasteiger charge is 2.21. The van der Waals surface area contributed by atoms with Crippen LogP contribution < -0.4 is 10.9 Å². The van der Waals surface area contributed by atoms with Crippen LogP contribution in [0.1, 0.15) is 42.2 Å². The largest absolute Gasteiger partial charge is 0.352 e. The van der Waals surface area contributed by atoms with E-state index in [0.29, 0.717) is 17.2 Å². The molecule has 0 aliphatic heterocycles. The van der Waals surface area contributed by atoms with E-state index in [4.69, 9.17) is 0 Å². The number of H-pyrrole nitrogens is 1. The molecule has 1 fully saturated rings. The van der Waals surface area contributed by atoms with Gasteiger partial charge in [0.15, 0.2) is 0 Å². The highest BCUT2D eigenvalue weighted by atomic mass is 16.2. The normalized spacial score (nSPS) is 23.0. The van der Waals surface area contributed by atoms with Crippen molar-refractivity contribution in [3.63, 3.8) is 0 Å². The number of aryl methyl sites for hydroxylation is 1. The molecule has 4 heteroatoms. The molecular formula is C14H20N2O2. The summed E-state index contributed by atoms with van der Waals surface area (Å²) >= 11 is 0. The average molecular weight is 248 g/mol. The van der Waals surface area contributed by atoms with Crippen molar-refractivity contribution in [2.45, 2.75) is 33.1 Å². The van der Waals surface area contributed by atoms with E-state index in [1.807, 2.05) is 0 Å². The standard InChI is InChI=1S/C14H20N2O2/c1-9-3-4-11(5-9)8-15-14(18)12-6-10(2)16-13(17)7-12/h6-7,9,11H,3-5,8H2,1-2H3,(H,15,18)(H,16,17). The third-order valence-electron chi connectivity index (χ3n) is 3.60. The Hall–Kier alpha value is -1.58. The first-order valence-electron chi connectivity index (χ1n) is 6.54. The van der Waals surface area contributed by atoms with Gasteiger partial charge in [0.1, 0.15) is 0 Å². The Bertz CT molecular complexity index is 493. The van der Waals surface area contributed by atoms with Crippen molar-refractivity contribution in [3.8, 4) is 0 Å². The molecule has 1 aromatic heterocycles. The lowest BCUT2D eigenvalue weighted by molar-refractivity contribution is 0.0947. The number of pyridine rings is 1. The van der Waals surface area contributed by atoms with Gasteiger partial charge < -0.3 is 10.3 Å². The monoisotopic (exact) mass is 248 g/mol. The van der Waals surface area contributed by atoms with Crippen LogP contribution in [0.4, 0.5) is 0 Å². The van der Waals surface area contributed by atoms with Gasteiger partial charge in [-0.1, -0.05) is 13.3 Å². The minimum absolute atomic E-state index is 0.149. The molecule has 1 saturated carbocycles. The maximum atomic E-state index is 11.9. The fourth-order valence-electron chi connectivity index (χ4n) is 2.66. The van der Waals surface area contributed by atoms with E-state index < -0.39 is 0 Å². The predicted octanol–water partition coefficient (Wildman–Crippen LogP) is 1.85. The van der Waals surface area contributed by atoms with Crippen molar-refractivity contribution in [2.75, 3.05) is 6.54 Å². The van der Waals surface area contributed by atoms with Crippen LogP contribution in [0.25, 0.3) is 0 Å². The zero-order valence-electron chi connectivity index (χ0n) is 11.0. The van der Waals surface area contributed by atoms with Crippen molar-refractivity contribution >= 4 is 5.91 Å². The molecule has 0 aromatic carbocycles. The number of carbonyl (C=O) groups is 1. The molecule has 1 heterocycles. The van der Waals surface area contributed by atoms with Gasteiger partial charge in [0.2, 0.25) is 5.56 Å². The maximum absolute atomic E-state index is 11.9. The third kappa shape index (κ3) is 3.22. The predicted molar refractivity (Wildman–Crippen MR) is 70.6 cm³/mol. The van der Waals surface area contributed by atoms with E-state index >= 15 is 0 Å². The molecule has 2 N–H and O–H groups in total. The molecule has 2 atom stereocenters. The number of aromatic nitrogens is 1. The Kier molecular flexibility index (Phi) is 3.84. The summed E-state index contributed by atoms with van der Waals surface area (Å²) in [5, 5.41) is 2.92. The lowest BCUT2D eigenvalue weighted by Gasteiger charge is -2.11. The van der Waals surface area contributed by atoms with Gasteiger partial charge in [0, 0.05) is 23.9 Å². The zero-order valence-corrected chi connectivity index (χ0v) is 11.0. The van der Waals surface area contributed by atoms with Crippen LogP contribution in [-0.2, 0) is 0 Å². The molecule has 1 aromatic rings. The molecular weight excluding hydrogens is 228 g/mol. The Morgan fingerprint density at radius 3 is 2.83 bits per heavy atom. The summed E-state index contributed by atoms with van der Waals surface area (Å²) in [5.41, 5.74) is 0.930. The molecule has 0 saturated heterocycles. The van der Waals surface area contributed by atoms with Gasteiger partial charge in [0.25, 0.3) is 5.91 Å². The number of amides is 1. The minimum atomic E-state index is -0.227. The van der Waals surface area contributed by atoms with Crippen LogP contribution >= 0.6 is 0 Å². The fourth-order valence-corrected chi connectivity index (χ4v) is 2.66. The Balaban J connectivity index is 1.93. The number of aromatic amines is 1. The molecule has 98 valence electrons. The Morgan fingerprint density at radius 2 is 2.22 bits per heavy atom. The molecule has 1 aliphatic rings. The Labute approximate surface area is 107 Å². The van der Waals surface area contributed by atoms with Gasteiger partial charge in [-0.3, -0.25) is 9.59 Å². The first kappa shape index (κ1) is 12.9. The zero-order chi connectivity index (χ0) is 13.1. The molecule has 2 rings (SSSR count).